The number of hydrogen-bond donors (Lipinski definition) is 1. The SMILES string of the molecule is COc1ccc([C@H](N)CC(F)(F)F)c(C(F)(F)F)c1. The van der Waals surface area contributed by atoms with Crippen molar-refractivity contribution in [1.82, 2.24) is 0 Å². The highest BCUT2D eigenvalue weighted by atomic mass is 19.4. The molecule has 0 aliphatic heterocycles. The third-order valence-corrected chi connectivity index (χ3v) is 2.42. The number of alkyl halides is 6. The van der Waals surface area contributed by atoms with Crippen LogP contribution in [-0.4, -0.2) is 13.3 Å². The summed E-state index contributed by atoms with van der Waals surface area (Å²) < 4.78 is 79.5. The second-order valence-electron chi connectivity index (χ2n) is 3.88. The van der Waals surface area contributed by atoms with Gasteiger partial charge >= 0.3 is 12.4 Å². The van der Waals surface area contributed by atoms with Gasteiger partial charge < -0.3 is 10.5 Å². The van der Waals surface area contributed by atoms with Crippen LogP contribution in [0.3, 0.4) is 0 Å². The topological polar surface area (TPSA) is 35.2 Å². The fourth-order valence-corrected chi connectivity index (χ4v) is 1.59. The molecule has 0 amide bonds. The summed E-state index contributed by atoms with van der Waals surface area (Å²) >= 11 is 0. The molecule has 2 nitrogen and oxygen atoms in total. The van der Waals surface area contributed by atoms with Crippen molar-refractivity contribution in [2.24, 2.45) is 5.73 Å². The average molecular weight is 287 g/mol. The normalized spacial score (nSPS) is 14.3. The first-order valence-corrected chi connectivity index (χ1v) is 5.12. The van der Waals surface area contributed by atoms with E-state index in [0.29, 0.717) is 6.07 Å². The molecule has 1 rings (SSSR count). The molecule has 0 unspecified atom stereocenters. The molecule has 1 aromatic carbocycles. The summed E-state index contributed by atoms with van der Waals surface area (Å²) in [5.41, 5.74) is 3.38. The zero-order valence-corrected chi connectivity index (χ0v) is 9.77. The molecule has 0 aliphatic rings. The van der Waals surface area contributed by atoms with Crippen LogP contribution < -0.4 is 10.5 Å². The van der Waals surface area contributed by atoms with E-state index in [1.54, 1.807) is 0 Å². The number of nitrogens with two attached hydrogens (primary N) is 1. The number of methoxy groups -OCH3 is 1. The predicted molar refractivity (Wildman–Crippen MR) is 55.6 cm³/mol. The molecule has 108 valence electrons. The lowest BCUT2D eigenvalue weighted by atomic mass is 9.97. The van der Waals surface area contributed by atoms with Gasteiger partial charge in [-0.1, -0.05) is 6.07 Å². The number of hydrogen-bond acceptors (Lipinski definition) is 2. The lowest BCUT2D eigenvalue weighted by Gasteiger charge is -2.20. The largest absolute Gasteiger partial charge is 0.497 e. The molecular formula is C11H11F6NO. The van der Waals surface area contributed by atoms with Gasteiger partial charge in [0.25, 0.3) is 0 Å². The van der Waals surface area contributed by atoms with Crippen LogP contribution in [0.4, 0.5) is 26.3 Å². The second kappa shape index (κ2) is 5.28. The third kappa shape index (κ3) is 4.30. The van der Waals surface area contributed by atoms with Crippen molar-refractivity contribution in [1.29, 1.82) is 0 Å². The van der Waals surface area contributed by atoms with Crippen molar-refractivity contribution in [3.63, 3.8) is 0 Å². The Morgan fingerprint density at radius 3 is 2.16 bits per heavy atom. The minimum atomic E-state index is -4.80. The Bertz CT molecular complexity index is 440. The summed E-state index contributed by atoms with van der Waals surface area (Å²) in [5, 5.41) is 0. The van der Waals surface area contributed by atoms with E-state index >= 15 is 0 Å². The van der Waals surface area contributed by atoms with Gasteiger partial charge in [-0.25, -0.2) is 0 Å². The number of benzene rings is 1. The maximum atomic E-state index is 12.8. The van der Waals surface area contributed by atoms with Crippen molar-refractivity contribution in [2.45, 2.75) is 24.8 Å². The summed E-state index contributed by atoms with van der Waals surface area (Å²) in [6.07, 6.45) is -11.0. The van der Waals surface area contributed by atoms with Crippen LogP contribution in [0.5, 0.6) is 5.75 Å². The zero-order chi connectivity index (χ0) is 14.8. The van der Waals surface area contributed by atoms with E-state index < -0.39 is 35.9 Å². The first-order valence-electron chi connectivity index (χ1n) is 5.12. The Morgan fingerprint density at radius 1 is 1.16 bits per heavy atom. The Kier molecular flexibility index (Phi) is 4.34. The van der Waals surface area contributed by atoms with Crippen LogP contribution in [-0.2, 0) is 6.18 Å². The van der Waals surface area contributed by atoms with Gasteiger partial charge in [0, 0.05) is 6.04 Å². The number of rotatable bonds is 3. The summed E-state index contributed by atoms with van der Waals surface area (Å²) in [7, 11) is 1.16. The van der Waals surface area contributed by atoms with Gasteiger partial charge in [-0.3, -0.25) is 0 Å². The highest BCUT2D eigenvalue weighted by Gasteiger charge is 2.38. The van der Waals surface area contributed by atoms with E-state index in [1.807, 2.05) is 0 Å². The van der Waals surface area contributed by atoms with E-state index in [4.69, 9.17) is 5.73 Å². The fraction of sp³-hybridized carbons (Fsp3) is 0.455. The molecule has 8 heteroatoms. The van der Waals surface area contributed by atoms with Crippen molar-refractivity contribution in [2.75, 3.05) is 7.11 Å². The maximum absolute atomic E-state index is 12.8. The molecular weight excluding hydrogens is 276 g/mol. The lowest BCUT2D eigenvalue weighted by Crippen LogP contribution is -2.23. The van der Waals surface area contributed by atoms with Crippen LogP contribution in [0.15, 0.2) is 18.2 Å². The monoisotopic (exact) mass is 287 g/mol. The van der Waals surface area contributed by atoms with Crippen LogP contribution >= 0.6 is 0 Å². The van der Waals surface area contributed by atoms with Crippen LogP contribution in [0.1, 0.15) is 23.6 Å². The first-order chi connectivity index (χ1) is 8.54. The Balaban J connectivity index is 3.20. The minimum absolute atomic E-state index is 0.102. The van der Waals surface area contributed by atoms with Crippen molar-refractivity contribution < 1.29 is 31.1 Å². The number of ether oxygens (including phenoxy) is 1. The van der Waals surface area contributed by atoms with Crippen LogP contribution in [0.25, 0.3) is 0 Å². The summed E-state index contributed by atoms with van der Waals surface area (Å²) in [6.45, 7) is 0. The van der Waals surface area contributed by atoms with Gasteiger partial charge in [0.1, 0.15) is 5.75 Å². The fourth-order valence-electron chi connectivity index (χ4n) is 1.59. The quantitative estimate of drug-likeness (QED) is 0.861. The van der Waals surface area contributed by atoms with Crippen molar-refractivity contribution >= 4 is 0 Å². The highest BCUT2D eigenvalue weighted by molar-refractivity contribution is 5.39. The zero-order valence-electron chi connectivity index (χ0n) is 9.77. The Labute approximate surface area is 105 Å². The molecule has 0 heterocycles. The average Bonchev–Trinajstić information content (AvgIpc) is 2.24. The summed E-state index contributed by atoms with van der Waals surface area (Å²) in [6, 6.07) is 0.896. The van der Waals surface area contributed by atoms with E-state index in [-0.39, 0.29) is 5.75 Å². The Morgan fingerprint density at radius 2 is 1.74 bits per heavy atom. The molecule has 2 N–H and O–H groups in total. The van der Waals surface area contributed by atoms with Gasteiger partial charge in [0.15, 0.2) is 0 Å². The molecule has 0 aromatic heterocycles. The highest BCUT2D eigenvalue weighted by Crippen LogP contribution is 2.38. The molecule has 0 saturated carbocycles. The van der Waals surface area contributed by atoms with E-state index in [2.05, 4.69) is 4.74 Å². The standard InChI is InChI=1S/C11H11F6NO/c1-19-6-2-3-7(8(4-6)11(15,16)17)9(18)5-10(12,13)14/h2-4,9H,5,18H2,1H3/t9-/m1/s1. The van der Waals surface area contributed by atoms with Crippen molar-refractivity contribution in [3.8, 4) is 5.75 Å². The molecule has 0 fully saturated rings. The second-order valence-corrected chi connectivity index (χ2v) is 3.88. The van der Waals surface area contributed by atoms with Gasteiger partial charge in [-0.05, 0) is 17.7 Å². The molecule has 1 aromatic rings. The van der Waals surface area contributed by atoms with Gasteiger partial charge in [0.2, 0.25) is 0 Å². The van der Waals surface area contributed by atoms with Gasteiger partial charge in [-0.15, -0.1) is 0 Å². The van der Waals surface area contributed by atoms with E-state index in [0.717, 1.165) is 19.2 Å². The summed E-state index contributed by atoms with van der Waals surface area (Å²) in [4.78, 5) is 0. The first kappa shape index (κ1) is 15.6. The molecule has 19 heavy (non-hydrogen) atoms. The van der Waals surface area contributed by atoms with Crippen LogP contribution in [0, 0.1) is 0 Å². The molecule has 0 radical (unpaired) electrons. The van der Waals surface area contributed by atoms with Crippen LogP contribution in [0.2, 0.25) is 0 Å². The van der Waals surface area contributed by atoms with Crippen molar-refractivity contribution in [3.05, 3.63) is 29.3 Å². The summed E-state index contributed by atoms with van der Waals surface area (Å²) in [5.74, 6) is -0.102. The molecule has 1 atom stereocenters. The lowest BCUT2D eigenvalue weighted by molar-refractivity contribution is -0.144. The van der Waals surface area contributed by atoms with E-state index in [1.165, 1.54) is 0 Å². The minimum Gasteiger partial charge on any atom is -0.497 e. The molecule has 0 spiro atoms. The van der Waals surface area contributed by atoms with Gasteiger partial charge in [-0.2, -0.15) is 26.3 Å². The molecule has 0 bridgehead atoms. The Hall–Kier alpha value is -1.44. The van der Waals surface area contributed by atoms with Gasteiger partial charge in [0.05, 0.1) is 19.1 Å². The maximum Gasteiger partial charge on any atom is 0.416 e. The molecule has 0 saturated heterocycles. The third-order valence-electron chi connectivity index (χ3n) is 2.42. The smallest absolute Gasteiger partial charge is 0.416 e. The van der Waals surface area contributed by atoms with E-state index in [9.17, 15) is 26.3 Å². The predicted octanol–water partition coefficient (Wildman–Crippen LogP) is 3.67. The number of halogens is 6. The molecule has 0 aliphatic carbocycles.